The summed E-state index contributed by atoms with van der Waals surface area (Å²) in [5.41, 5.74) is 1.58. The number of anilines is 1. The predicted molar refractivity (Wildman–Crippen MR) is 98.9 cm³/mol. The van der Waals surface area contributed by atoms with Crippen molar-refractivity contribution in [1.29, 1.82) is 0 Å². The number of benzene rings is 1. The van der Waals surface area contributed by atoms with Crippen molar-refractivity contribution < 1.29 is 8.42 Å². The lowest BCUT2D eigenvalue weighted by atomic mass is 10.3. The lowest BCUT2D eigenvalue weighted by molar-refractivity contribution is 0.601. The van der Waals surface area contributed by atoms with Crippen LogP contribution in [0, 0.1) is 0 Å². The topological polar surface area (TPSA) is 89.8 Å². The fraction of sp³-hybridized carbons (Fsp3) is 0. The summed E-state index contributed by atoms with van der Waals surface area (Å²) >= 11 is 6.03. The minimum absolute atomic E-state index is 0.137. The van der Waals surface area contributed by atoms with Crippen LogP contribution in [0.25, 0.3) is 16.9 Å². The van der Waals surface area contributed by atoms with E-state index in [0.29, 0.717) is 21.9 Å². The zero-order chi connectivity index (χ0) is 18.1. The number of hydrogen-bond acceptors (Lipinski definition) is 5. The highest BCUT2D eigenvalue weighted by Crippen LogP contribution is 2.26. The van der Waals surface area contributed by atoms with Gasteiger partial charge in [-0.15, -0.1) is 0 Å². The van der Waals surface area contributed by atoms with Crippen LogP contribution >= 0.6 is 11.6 Å². The fourth-order valence-corrected chi connectivity index (χ4v) is 3.74. The Balaban J connectivity index is 1.84. The fourth-order valence-electron chi connectivity index (χ4n) is 2.51. The van der Waals surface area contributed by atoms with Gasteiger partial charge in [0.15, 0.2) is 5.82 Å². The zero-order valence-corrected chi connectivity index (χ0v) is 14.8. The average Bonchev–Trinajstić information content (AvgIpc) is 3.06. The van der Waals surface area contributed by atoms with Gasteiger partial charge >= 0.3 is 0 Å². The number of nitrogens with one attached hydrogen (secondary N) is 1. The van der Waals surface area contributed by atoms with Crippen molar-refractivity contribution in [2.45, 2.75) is 4.90 Å². The van der Waals surface area contributed by atoms with Crippen LogP contribution < -0.4 is 4.72 Å². The normalized spacial score (nSPS) is 11.6. The number of fused-ring (bicyclic) bond motifs is 1. The third kappa shape index (κ3) is 3.00. The maximum atomic E-state index is 12.7. The highest BCUT2D eigenvalue weighted by atomic mass is 35.5. The molecule has 3 aromatic heterocycles. The molecule has 3 heterocycles. The van der Waals surface area contributed by atoms with E-state index in [0.717, 1.165) is 0 Å². The number of pyridine rings is 2. The Morgan fingerprint density at radius 3 is 2.62 bits per heavy atom. The largest absolute Gasteiger partial charge is 0.276 e. The van der Waals surface area contributed by atoms with E-state index in [1.807, 2.05) is 6.07 Å². The van der Waals surface area contributed by atoms with E-state index in [1.54, 1.807) is 36.7 Å². The number of halogens is 1. The SMILES string of the molecule is O=S(=O)(Nc1cc(Cl)cnc1-n1ncc2ncccc21)c1ccccc1. The van der Waals surface area contributed by atoms with Gasteiger partial charge in [-0.05, 0) is 30.3 Å². The van der Waals surface area contributed by atoms with Crippen molar-refractivity contribution in [2.75, 3.05) is 4.72 Å². The summed E-state index contributed by atoms with van der Waals surface area (Å²) in [5, 5.41) is 4.57. The molecule has 130 valence electrons. The number of aromatic nitrogens is 4. The predicted octanol–water partition coefficient (Wildman–Crippen LogP) is 3.27. The van der Waals surface area contributed by atoms with E-state index in [4.69, 9.17) is 11.6 Å². The van der Waals surface area contributed by atoms with Gasteiger partial charge in [-0.2, -0.15) is 5.10 Å². The molecule has 0 fully saturated rings. The van der Waals surface area contributed by atoms with Crippen molar-refractivity contribution in [3.63, 3.8) is 0 Å². The van der Waals surface area contributed by atoms with Gasteiger partial charge in [0, 0.05) is 12.4 Å². The second-order valence-electron chi connectivity index (χ2n) is 5.41. The van der Waals surface area contributed by atoms with Crippen LogP contribution in [0.3, 0.4) is 0 Å². The first-order valence-corrected chi connectivity index (χ1v) is 9.43. The molecule has 4 rings (SSSR count). The molecule has 1 N–H and O–H groups in total. The van der Waals surface area contributed by atoms with Crippen LogP contribution in [0.4, 0.5) is 5.69 Å². The van der Waals surface area contributed by atoms with Crippen LogP contribution in [0.15, 0.2) is 72.0 Å². The molecule has 0 saturated heterocycles. The second-order valence-corrected chi connectivity index (χ2v) is 7.53. The molecule has 0 radical (unpaired) electrons. The Bertz CT molecular complexity index is 1190. The molecule has 0 spiro atoms. The third-order valence-corrected chi connectivity index (χ3v) is 5.26. The van der Waals surface area contributed by atoms with Gasteiger partial charge in [0.25, 0.3) is 10.0 Å². The van der Waals surface area contributed by atoms with Crippen LogP contribution in [0.2, 0.25) is 5.02 Å². The lowest BCUT2D eigenvalue weighted by Crippen LogP contribution is -2.15. The van der Waals surface area contributed by atoms with E-state index in [9.17, 15) is 8.42 Å². The second kappa shape index (κ2) is 6.40. The van der Waals surface area contributed by atoms with E-state index in [1.165, 1.54) is 29.1 Å². The van der Waals surface area contributed by atoms with E-state index in [-0.39, 0.29) is 10.6 Å². The van der Waals surface area contributed by atoms with Crippen molar-refractivity contribution in [3.8, 4) is 5.82 Å². The summed E-state index contributed by atoms with van der Waals surface area (Å²) in [6.07, 6.45) is 4.67. The van der Waals surface area contributed by atoms with Crippen LogP contribution in [-0.2, 0) is 10.0 Å². The molecular formula is C17H12ClN5O2S. The molecule has 0 aliphatic heterocycles. The first-order valence-electron chi connectivity index (χ1n) is 7.57. The van der Waals surface area contributed by atoms with Gasteiger partial charge in [0.1, 0.15) is 5.52 Å². The molecular weight excluding hydrogens is 374 g/mol. The minimum Gasteiger partial charge on any atom is -0.276 e. The Kier molecular flexibility index (Phi) is 4.06. The highest BCUT2D eigenvalue weighted by Gasteiger charge is 2.19. The molecule has 9 heteroatoms. The summed E-state index contributed by atoms with van der Waals surface area (Å²) in [7, 11) is -3.80. The summed E-state index contributed by atoms with van der Waals surface area (Å²) in [5.74, 6) is 0.303. The van der Waals surface area contributed by atoms with Crippen molar-refractivity contribution in [2.24, 2.45) is 0 Å². The molecule has 0 amide bonds. The Morgan fingerprint density at radius 2 is 1.81 bits per heavy atom. The van der Waals surface area contributed by atoms with Gasteiger partial charge in [-0.3, -0.25) is 9.71 Å². The zero-order valence-electron chi connectivity index (χ0n) is 13.2. The third-order valence-electron chi connectivity index (χ3n) is 3.67. The molecule has 7 nitrogen and oxygen atoms in total. The number of hydrogen-bond donors (Lipinski definition) is 1. The van der Waals surface area contributed by atoms with Crippen molar-refractivity contribution >= 4 is 38.3 Å². The highest BCUT2D eigenvalue weighted by molar-refractivity contribution is 7.92. The van der Waals surface area contributed by atoms with Crippen molar-refractivity contribution in [1.82, 2.24) is 19.7 Å². The van der Waals surface area contributed by atoms with Crippen LogP contribution in [-0.4, -0.2) is 28.2 Å². The molecule has 0 aliphatic rings. The van der Waals surface area contributed by atoms with Gasteiger partial charge < -0.3 is 0 Å². The van der Waals surface area contributed by atoms with Gasteiger partial charge in [-0.1, -0.05) is 29.8 Å². The monoisotopic (exact) mass is 385 g/mol. The quantitative estimate of drug-likeness (QED) is 0.582. The Labute approximate surface area is 154 Å². The van der Waals surface area contributed by atoms with Gasteiger partial charge in [0.05, 0.1) is 27.3 Å². The maximum absolute atomic E-state index is 12.7. The standard InChI is InChI=1S/C17H12ClN5O2S/c18-12-9-14(22-26(24,25)13-5-2-1-3-6-13)17(20-10-12)23-16-7-4-8-19-15(16)11-21-23/h1-11,22H. The number of sulfonamides is 1. The molecule has 0 saturated carbocycles. The molecule has 0 aliphatic carbocycles. The molecule has 0 bridgehead atoms. The van der Waals surface area contributed by atoms with Crippen LogP contribution in [0.1, 0.15) is 0 Å². The number of rotatable bonds is 4. The Morgan fingerprint density at radius 1 is 1.00 bits per heavy atom. The molecule has 26 heavy (non-hydrogen) atoms. The van der Waals surface area contributed by atoms with E-state index in [2.05, 4.69) is 19.8 Å². The molecule has 0 atom stereocenters. The summed E-state index contributed by atoms with van der Waals surface area (Å²) < 4.78 is 29.4. The van der Waals surface area contributed by atoms with E-state index < -0.39 is 10.0 Å². The minimum atomic E-state index is -3.80. The maximum Gasteiger partial charge on any atom is 0.262 e. The summed E-state index contributed by atoms with van der Waals surface area (Å²) in [6.45, 7) is 0. The van der Waals surface area contributed by atoms with Crippen LogP contribution in [0.5, 0.6) is 0 Å². The first-order chi connectivity index (χ1) is 12.5. The van der Waals surface area contributed by atoms with Gasteiger partial charge in [-0.25, -0.2) is 18.1 Å². The smallest absolute Gasteiger partial charge is 0.262 e. The molecule has 0 unspecified atom stereocenters. The first kappa shape index (κ1) is 16.5. The Hall–Kier alpha value is -2.97. The summed E-state index contributed by atoms with van der Waals surface area (Å²) in [6, 6.07) is 13.1. The molecule has 1 aromatic carbocycles. The van der Waals surface area contributed by atoms with Crippen molar-refractivity contribution in [3.05, 3.63) is 72.1 Å². The molecule has 4 aromatic rings. The average molecular weight is 386 g/mol. The summed E-state index contributed by atoms with van der Waals surface area (Å²) in [4.78, 5) is 8.62. The van der Waals surface area contributed by atoms with E-state index >= 15 is 0 Å². The number of nitrogens with zero attached hydrogens (tertiary/aromatic N) is 4. The lowest BCUT2D eigenvalue weighted by Gasteiger charge is -2.13. The van der Waals surface area contributed by atoms with Gasteiger partial charge in [0.2, 0.25) is 0 Å².